The van der Waals surface area contributed by atoms with Gasteiger partial charge in [-0.05, 0) is 18.6 Å². The number of hydrogen-bond acceptors (Lipinski definition) is 8. The molecule has 0 spiro atoms. The summed E-state index contributed by atoms with van der Waals surface area (Å²) in [7, 11) is -3.71. The molecule has 196 valence electrons. The number of hydrogen-bond donors (Lipinski definition) is 1. The molecule has 0 aliphatic rings. The van der Waals surface area contributed by atoms with E-state index in [1.807, 2.05) is 5.32 Å². The van der Waals surface area contributed by atoms with Crippen LogP contribution in [0.3, 0.4) is 0 Å². The van der Waals surface area contributed by atoms with Crippen molar-refractivity contribution in [1.29, 1.82) is 0 Å². The molecular formula is C22H19F5N6O3S. The van der Waals surface area contributed by atoms with Crippen LogP contribution in [0.1, 0.15) is 12.0 Å². The van der Waals surface area contributed by atoms with Crippen LogP contribution < -0.4 is 5.32 Å². The molecule has 0 saturated carbocycles. The van der Waals surface area contributed by atoms with Crippen molar-refractivity contribution in [2.45, 2.75) is 25.2 Å². The Labute approximate surface area is 207 Å². The third-order valence-corrected chi connectivity index (χ3v) is 6.19. The second kappa shape index (κ2) is 10.2. The van der Waals surface area contributed by atoms with E-state index in [2.05, 4.69) is 20.2 Å². The first-order chi connectivity index (χ1) is 17.4. The molecule has 1 aromatic carbocycles. The lowest BCUT2D eigenvalue weighted by Gasteiger charge is -2.22. The second-order valence-corrected chi connectivity index (χ2v) is 10.4. The molecule has 4 rings (SSSR count). The Hall–Kier alpha value is -3.88. The summed E-state index contributed by atoms with van der Waals surface area (Å²) >= 11 is 0. The van der Waals surface area contributed by atoms with Crippen LogP contribution in [-0.4, -0.2) is 57.5 Å². The van der Waals surface area contributed by atoms with Crippen LogP contribution in [0, 0.1) is 11.6 Å². The van der Waals surface area contributed by atoms with Crippen LogP contribution >= 0.6 is 0 Å². The van der Waals surface area contributed by atoms with Crippen LogP contribution in [-0.2, 0) is 16.4 Å². The van der Waals surface area contributed by atoms with Gasteiger partial charge in [0.25, 0.3) is 0 Å². The molecule has 1 atom stereocenters. The van der Waals surface area contributed by atoms with Crippen LogP contribution in [0.2, 0.25) is 0 Å². The average molecular weight is 542 g/mol. The molecule has 0 fully saturated rings. The van der Waals surface area contributed by atoms with Gasteiger partial charge in [0, 0.05) is 17.9 Å². The lowest BCUT2D eigenvalue weighted by atomic mass is 10.2. The highest BCUT2D eigenvalue weighted by Crippen LogP contribution is 2.29. The first kappa shape index (κ1) is 26.2. The number of nitrogens with zero attached hydrogens (tertiary/aromatic N) is 5. The zero-order chi connectivity index (χ0) is 26.8. The molecule has 0 bridgehead atoms. The molecule has 0 aliphatic carbocycles. The van der Waals surface area contributed by atoms with Gasteiger partial charge in [-0.1, -0.05) is 23.4 Å². The highest BCUT2D eigenvalue weighted by Gasteiger charge is 2.40. The zero-order valence-electron chi connectivity index (χ0n) is 19.1. The maximum Gasteiger partial charge on any atom is 0.408 e. The Morgan fingerprint density at radius 2 is 1.86 bits per heavy atom. The van der Waals surface area contributed by atoms with E-state index in [0.717, 1.165) is 6.26 Å². The molecule has 4 aromatic rings. The highest BCUT2D eigenvalue weighted by molar-refractivity contribution is 7.90. The van der Waals surface area contributed by atoms with Crippen molar-refractivity contribution in [3.05, 3.63) is 66.1 Å². The third-order valence-electron chi connectivity index (χ3n) is 5.21. The lowest BCUT2D eigenvalue weighted by molar-refractivity contribution is -0.142. The van der Waals surface area contributed by atoms with Gasteiger partial charge in [-0.15, -0.1) is 0 Å². The summed E-state index contributed by atoms with van der Waals surface area (Å²) in [4.78, 5) is 7.69. The SMILES string of the molecule is CS(=O)(=O)CCC(Nc1nc(-c2cc(-c3ccon3)n(Cc3ccccc3F)n2)ncc1F)C(F)(F)F. The maximum atomic E-state index is 14.4. The van der Waals surface area contributed by atoms with Crippen molar-refractivity contribution in [3.63, 3.8) is 0 Å². The van der Waals surface area contributed by atoms with Gasteiger partial charge in [-0.3, -0.25) is 4.68 Å². The number of aromatic nitrogens is 5. The van der Waals surface area contributed by atoms with Gasteiger partial charge >= 0.3 is 6.18 Å². The molecule has 37 heavy (non-hydrogen) atoms. The number of nitrogens with one attached hydrogen (secondary N) is 1. The minimum absolute atomic E-state index is 0.0389. The molecule has 0 amide bonds. The molecule has 0 saturated heterocycles. The standard InChI is InChI=1S/C22H19F5N6O3S/c1-37(34,35)9-7-19(22(25,26)27)29-20-15(24)11-28-21(30-20)17-10-18(16-6-8-36-32-16)33(31-17)12-13-4-2-3-5-14(13)23/h2-6,8,10-11,19H,7,9,12H2,1H3,(H,28,29,30). The summed E-state index contributed by atoms with van der Waals surface area (Å²) < 4.78 is 98.1. The first-order valence-corrected chi connectivity index (χ1v) is 12.7. The van der Waals surface area contributed by atoms with Gasteiger partial charge in [-0.25, -0.2) is 27.2 Å². The van der Waals surface area contributed by atoms with Crippen molar-refractivity contribution in [1.82, 2.24) is 24.9 Å². The Balaban J connectivity index is 1.69. The number of alkyl halides is 3. The van der Waals surface area contributed by atoms with Crippen molar-refractivity contribution in [2.75, 3.05) is 17.3 Å². The zero-order valence-corrected chi connectivity index (χ0v) is 19.9. The fourth-order valence-electron chi connectivity index (χ4n) is 3.39. The largest absolute Gasteiger partial charge is 0.408 e. The van der Waals surface area contributed by atoms with Gasteiger partial charge in [0.05, 0.1) is 24.2 Å². The minimum atomic E-state index is -4.89. The first-order valence-electron chi connectivity index (χ1n) is 10.7. The Morgan fingerprint density at radius 3 is 2.51 bits per heavy atom. The van der Waals surface area contributed by atoms with Gasteiger partial charge in [0.15, 0.2) is 17.5 Å². The van der Waals surface area contributed by atoms with Crippen LogP contribution in [0.25, 0.3) is 22.9 Å². The predicted octanol–water partition coefficient (Wildman–Crippen LogP) is 4.10. The van der Waals surface area contributed by atoms with Gasteiger partial charge in [-0.2, -0.15) is 18.3 Å². The van der Waals surface area contributed by atoms with E-state index in [0.29, 0.717) is 23.1 Å². The number of rotatable bonds is 9. The Morgan fingerprint density at radius 1 is 1.11 bits per heavy atom. The summed E-state index contributed by atoms with van der Waals surface area (Å²) in [5.74, 6) is -3.45. The van der Waals surface area contributed by atoms with E-state index in [1.54, 1.807) is 12.1 Å². The normalized spacial score (nSPS) is 13.0. The fourth-order valence-corrected chi connectivity index (χ4v) is 4.06. The summed E-state index contributed by atoms with van der Waals surface area (Å²) in [6.07, 6.45) is -2.97. The van der Waals surface area contributed by atoms with E-state index >= 15 is 0 Å². The monoisotopic (exact) mass is 542 g/mol. The molecule has 9 nitrogen and oxygen atoms in total. The van der Waals surface area contributed by atoms with Crippen LogP contribution in [0.5, 0.6) is 0 Å². The second-order valence-electron chi connectivity index (χ2n) is 8.10. The van der Waals surface area contributed by atoms with Crippen LogP contribution in [0.4, 0.5) is 27.8 Å². The summed E-state index contributed by atoms with van der Waals surface area (Å²) in [6.45, 7) is -0.0389. The van der Waals surface area contributed by atoms with Gasteiger partial charge in [0.2, 0.25) is 0 Å². The van der Waals surface area contributed by atoms with E-state index in [4.69, 9.17) is 4.52 Å². The molecule has 1 unspecified atom stereocenters. The maximum absolute atomic E-state index is 14.4. The van der Waals surface area contributed by atoms with E-state index in [-0.39, 0.29) is 18.1 Å². The van der Waals surface area contributed by atoms with E-state index in [9.17, 15) is 30.4 Å². The summed E-state index contributed by atoms with van der Waals surface area (Å²) in [5, 5.41) is 10.1. The number of anilines is 1. The molecule has 3 aromatic heterocycles. The van der Waals surface area contributed by atoms with E-state index in [1.165, 1.54) is 35.2 Å². The van der Waals surface area contributed by atoms with Crippen molar-refractivity contribution in [3.8, 4) is 22.9 Å². The van der Waals surface area contributed by atoms with E-state index < -0.39 is 51.7 Å². The van der Waals surface area contributed by atoms with Crippen LogP contribution in [0.15, 0.2) is 53.4 Å². The number of benzene rings is 1. The van der Waals surface area contributed by atoms with Crippen molar-refractivity contribution in [2.24, 2.45) is 0 Å². The smallest absolute Gasteiger partial charge is 0.364 e. The predicted molar refractivity (Wildman–Crippen MR) is 122 cm³/mol. The average Bonchev–Trinajstić information content (AvgIpc) is 3.48. The van der Waals surface area contributed by atoms with Crippen molar-refractivity contribution >= 4 is 15.7 Å². The number of halogens is 5. The Bertz CT molecular complexity index is 1490. The minimum Gasteiger partial charge on any atom is -0.364 e. The number of sulfone groups is 1. The quantitative estimate of drug-likeness (QED) is 0.315. The summed E-state index contributed by atoms with van der Waals surface area (Å²) in [6, 6.07) is 6.57. The molecule has 15 heteroatoms. The van der Waals surface area contributed by atoms with Crippen molar-refractivity contribution < 1.29 is 34.9 Å². The lowest BCUT2D eigenvalue weighted by Crippen LogP contribution is -2.38. The van der Waals surface area contributed by atoms with Gasteiger partial charge in [0.1, 0.15) is 39.3 Å². The topological polar surface area (TPSA) is 116 Å². The molecule has 0 radical (unpaired) electrons. The Kier molecular flexibility index (Phi) is 7.25. The third kappa shape index (κ3) is 6.47. The molecule has 1 N–H and O–H groups in total. The molecular weight excluding hydrogens is 523 g/mol. The van der Waals surface area contributed by atoms with Gasteiger partial charge < -0.3 is 9.84 Å². The molecule has 3 heterocycles. The fraction of sp³-hybridized carbons (Fsp3) is 0.273. The highest BCUT2D eigenvalue weighted by atomic mass is 32.2. The molecule has 0 aliphatic heterocycles. The summed E-state index contributed by atoms with van der Waals surface area (Å²) in [5.41, 5.74) is 1.02.